The van der Waals surface area contributed by atoms with E-state index in [1.165, 1.54) is 7.11 Å². The molecule has 0 spiro atoms. The van der Waals surface area contributed by atoms with Crippen molar-refractivity contribution in [3.05, 3.63) is 50.6 Å². The first-order valence-corrected chi connectivity index (χ1v) is 8.53. The highest BCUT2D eigenvalue weighted by atomic mass is 79.9. The third kappa shape index (κ3) is 4.80. The molecule has 1 N–H and O–H groups in total. The zero-order chi connectivity index (χ0) is 16.8. The highest BCUT2D eigenvalue weighted by Crippen LogP contribution is 2.27. The lowest BCUT2D eigenvalue weighted by atomic mass is 10.2. The number of esters is 1. The van der Waals surface area contributed by atoms with E-state index < -0.39 is 12.1 Å². The molecule has 0 saturated heterocycles. The number of nitrogens with one attached hydrogen (secondary N) is 1. The molecule has 122 valence electrons. The zero-order valence-electron chi connectivity index (χ0n) is 12.7. The zero-order valence-corrected chi connectivity index (χ0v) is 15.1. The molecule has 2 aromatic rings. The highest BCUT2D eigenvalue weighted by Gasteiger charge is 2.17. The molecule has 5 nitrogen and oxygen atoms in total. The van der Waals surface area contributed by atoms with Crippen molar-refractivity contribution in [2.75, 3.05) is 7.11 Å². The minimum atomic E-state index is -0.657. The molecule has 0 radical (unpaired) electrons. The summed E-state index contributed by atoms with van der Waals surface area (Å²) in [6, 6.07) is 8.70. The van der Waals surface area contributed by atoms with Gasteiger partial charge in [-0.2, -0.15) is 0 Å². The van der Waals surface area contributed by atoms with Gasteiger partial charge in [-0.3, -0.25) is 4.79 Å². The summed E-state index contributed by atoms with van der Waals surface area (Å²) in [6.07, 6.45) is -0.657. The number of rotatable bonds is 6. The molecule has 0 saturated carbocycles. The normalized spacial score (nSPS) is 11.6. The first-order valence-electron chi connectivity index (χ1n) is 6.86. The second-order valence-electron chi connectivity index (χ2n) is 4.69. The van der Waals surface area contributed by atoms with Crippen LogP contribution < -0.4 is 10.1 Å². The molecule has 1 heterocycles. The van der Waals surface area contributed by atoms with E-state index in [9.17, 15) is 9.59 Å². The van der Waals surface area contributed by atoms with Gasteiger partial charge in [0, 0.05) is 4.88 Å². The van der Waals surface area contributed by atoms with Crippen molar-refractivity contribution in [2.24, 2.45) is 0 Å². The SMILES string of the molecule is COC(=O)c1ccc(O[C@@H](C)C(=O)NCc2cccs2)c(Br)c1. The van der Waals surface area contributed by atoms with Gasteiger partial charge in [0.15, 0.2) is 6.10 Å². The lowest BCUT2D eigenvalue weighted by Crippen LogP contribution is -2.35. The number of halogens is 1. The fourth-order valence-electron chi connectivity index (χ4n) is 1.82. The highest BCUT2D eigenvalue weighted by molar-refractivity contribution is 9.10. The van der Waals surface area contributed by atoms with Gasteiger partial charge in [0.1, 0.15) is 5.75 Å². The van der Waals surface area contributed by atoms with Crippen molar-refractivity contribution in [1.29, 1.82) is 0 Å². The Morgan fingerprint density at radius 2 is 2.13 bits per heavy atom. The van der Waals surface area contributed by atoms with Crippen molar-refractivity contribution < 1.29 is 19.1 Å². The molecule has 2 rings (SSSR count). The summed E-state index contributed by atoms with van der Waals surface area (Å²) < 4.78 is 10.9. The maximum atomic E-state index is 12.1. The Morgan fingerprint density at radius 1 is 1.35 bits per heavy atom. The Labute approximate surface area is 146 Å². The Balaban J connectivity index is 1.95. The van der Waals surface area contributed by atoms with Crippen molar-refractivity contribution in [3.8, 4) is 5.75 Å². The molecule has 1 aromatic heterocycles. The van der Waals surface area contributed by atoms with Crippen LogP contribution in [0.1, 0.15) is 22.2 Å². The van der Waals surface area contributed by atoms with Crippen molar-refractivity contribution in [1.82, 2.24) is 5.32 Å². The van der Waals surface area contributed by atoms with E-state index in [4.69, 9.17) is 4.74 Å². The molecule has 1 amide bonds. The molecular formula is C16H16BrNO4S. The van der Waals surface area contributed by atoms with E-state index in [1.807, 2.05) is 17.5 Å². The third-order valence-corrected chi connectivity index (χ3v) is 4.54. The Hall–Kier alpha value is -1.86. The van der Waals surface area contributed by atoms with Gasteiger partial charge in [0.05, 0.1) is 23.7 Å². The summed E-state index contributed by atoms with van der Waals surface area (Å²) in [5.74, 6) is -0.155. The number of ether oxygens (including phenoxy) is 2. The number of carbonyl (C=O) groups is 2. The maximum absolute atomic E-state index is 12.1. The molecule has 0 bridgehead atoms. The number of carbonyl (C=O) groups excluding carboxylic acids is 2. The average Bonchev–Trinajstić information content (AvgIpc) is 3.07. The van der Waals surface area contributed by atoms with E-state index in [0.717, 1.165) is 4.88 Å². The molecule has 0 aliphatic carbocycles. The second kappa shape index (κ2) is 8.12. The predicted molar refractivity (Wildman–Crippen MR) is 91.7 cm³/mol. The predicted octanol–water partition coefficient (Wildman–Crippen LogP) is 3.38. The molecule has 0 aliphatic heterocycles. The largest absolute Gasteiger partial charge is 0.480 e. The molecule has 7 heteroatoms. The van der Waals surface area contributed by atoms with E-state index in [2.05, 4.69) is 26.0 Å². The summed E-state index contributed by atoms with van der Waals surface area (Å²) in [5.41, 5.74) is 0.404. The number of methoxy groups -OCH3 is 1. The van der Waals surface area contributed by atoms with Crippen LogP contribution in [0.5, 0.6) is 5.75 Å². The summed E-state index contributed by atoms with van der Waals surface area (Å²) in [4.78, 5) is 24.6. The fraction of sp³-hybridized carbons (Fsp3) is 0.250. The summed E-state index contributed by atoms with van der Waals surface area (Å²) >= 11 is 4.91. The van der Waals surface area contributed by atoms with Gasteiger partial charge in [0.2, 0.25) is 0 Å². The van der Waals surface area contributed by atoms with Crippen LogP contribution >= 0.6 is 27.3 Å². The first kappa shape index (κ1) is 17.5. The lowest BCUT2D eigenvalue weighted by Gasteiger charge is -2.16. The number of benzene rings is 1. The van der Waals surface area contributed by atoms with Gasteiger partial charge in [-0.25, -0.2) is 4.79 Å². The van der Waals surface area contributed by atoms with E-state index in [-0.39, 0.29) is 5.91 Å². The summed E-state index contributed by atoms with van der Waals surface area (Å²) in [7, 11) is 1.32. The van der Waals surface area contributed by atoms with Crippen molar-refractivity contribution >= 4 is 39.1 Å². The van der Waals surface area contributed by atoms with Crippen LogP contribution in [0.4, 0.5) is 0 Å². The topological polar surface area (TPSA) is 64.6 Å². The smallest absolute Gasteiger partial charge is 0.337 e. The monoisotopic (exact) mass is 397 g/mol. The van der Waals surface area contributed by atoms with E-state index >= 15 is 0 Å². The fourth-order valence-corrected chi connectivity index (χ4v) is 2.93. The molecule has 1 aromatic carbocycles. The van der Waals surface area contributed by atoms with Gasteiger partial charge in [0.25, 0.3) is 5.91 Å². The third-order valence-electron chi connectivity index (χ3n) is 3.04. The Bertz CT molecular complexity index is 687. The minimum Gasteiger partial charge on any atom is -0.480 e. The maximum Gasteiger partial charge on any atom is 0.337 e. The van der Waals surface area contributed by atoms with Crippen molar-refractivity contribution in [2.45, 2.75) is 19.6 Å². The van der Waals surface area contributed by atoms with Crippen LogP contribution in [0, 0.1) is 0 Å². The number of thiophene rings is 1. The Morgan fingerprint density at radius 3 is 2.74 bits per heavy atom. The number of hydrogen-bond acceptors (Lipinski definition) is 5. The van der Waals surface area contributed by atoms with Crippen LogP contribution in [0.3, 0.4) is 0 Å². The molecule has 1 atom stereocenters. The first-order chi connectivity index (χ1) is 11.0. The van der Waals surface area contributed by atoms with Crippen LogP contribution in [-0.4, -0.2) is 25.1 Å². The Kier molecular flexibility index (Phi) is 6.18. The van der Waals surface area contributed by atoms with Gasteiger partial charge < -0.3 is 14.8 Å². The molecule has 0 fully saturated rings. The number of amides is 1. The molecule has 23 heavy (non-hydrogen) atoms. The quantitative estimate of drug-likeness (QED) is 0.758. The van der Waals surface area contributed by atoms with Crippen LogP contribution in [0.2, 0.25) is 0 Å². The van der Waals surface area contributed by atoms with E-state index in [0.29, 0.717) is 22.3 Å². The van der Waals surface area contributed by atoms with Gasteiger partial charge >= 0.3 is 5.97 Å². The van der Waals surface area contributed by atoms with E-state index in [1.54, 1.807) is 36.5 Å². The molecule has 0 aliphatic rings. The van der Waals surface area contributed by atoms with Crippen LogP contribution in [-0.2, 0) is 16.1 Å². The van der Waals surface area contributed by atoms with Crippen molar-refractivity contribution in [3.63, 3.8) is 0 Å². The number of hydrogen-bond donors (Lipinski definition) is 1. The lowest BCUT2D eigenvalue weighted by molar-refractivity contribution is -0.127. The minimum absolute atomic E-state index is 0.206. The van der Waals surface area contributed by atoms with Crippen LogP contribution in [0.25, 0.3) is 0 Å². The molecule has 0 unspecified atom stereocenters. The molecular weight excluding hydrogens is 382 g/mol. The summed E-state index contributed by atoms with van der Waals surface area (Å²) in [5, 5.41) is 4.78. The van der Waals surface area contributed by atoms with Gasteiger partial charge in [-0.15, -0.1) is 11.3 Å². The standard InChI is InChI=1S/C16H16BrNO4S/c1-10(15(19)18-9-12-4-3-7-23-12)22-14-6-5-11(8-13(14)17)16(20)21-2/h3-8,10H,9H2,1-2H3,(H,18,19)/t10-/m0/s1. The van der Waals surface area contributed by atoms with Gasteiger partial charge in [-0.05, 0) is 52.5 Å². The van der Waals surface area contributed by atoms with Gasteiger partial charge in [-0.1, -0.05) is 6.07 Å². The summed E-state index contributed by atoms with van der Waals surface area (Å²) in [6.45, 7) is 2.15. The second-order valence-corrected chi connectivity index (χ2v) is 6.58. The average molecular weight is 398 g/mol. The van der Waals surface area contributed by atoms with Crippen LogP contribution in [0.15, 0.2) is 40.2 Å².